The fourth-order valence-electron chi connectivity index (χ4n) is 1.22. The van der Waals surface area contributed by atoms with Crippen molar-refractivity contribution < 1.29 is 9.13 Å². The van der Waals surface area contributed by atoms with E-state index in [0.29, 0.717) is 11.6 Å². The standard InChI is InChI=1S/C11H7Cl2FN2O/c1-6-15-10(13)5-11(16-6)17-7-2-3-8(12)9(14)4-7/h2-5H,1H3. The van der Waals surface area contributed by atoms with Gasteiger partial charge in [0, 0.05) is 12.1 Å². The average Bonchev–Trinajstić information content (AvgIpc) is 2.22. The van der Waals surface area contributed by atoms with Crippen molar-refractivity contribution in [2.75, 3.05) is 0 Å². The van der Waals surface area contributed by atoms with Gasteiger partial charge >= 0.3 is 0 Å². The minimum Gasteiger partial charge on any atom is -0.439 e. The van der Waals surface area contributed by atoms with E-state index in [9.17, 15) is 4.39 Å². The number of halogens is 3. The quantitative estimate of drug-likeness (QED) is 0.775. The lowest BCUT2D eigenvalue weighted by atomic mass is 10.3. The minimum absolute atomic E-state index is 0.0363. The van der Waals surface area contributed by atoms with Gasteiger partial charge in [-0.25, -0.2) is 9.37 Å². The fraction of sp³-hybridized carbons (Fsp3) is 0.0909. The number of hydrogen-bond donors (Lipinski definition) is 0. The predicted octanol–water partition coefficient (Wildman–Crippen LogP) is 4.02. The maximum absolute atomic E-state index is 13.2. The van der Waals surface area contributed by atoms with Crippen LogP contribution in [0.25, 0.3) is 0 Å². The molecule has 2 aromatic rings. The molecule has 6 heteroatoms. The summed E-state index contributed by atoms with van der Waals surface area (Å²) in [4.78, 5) is 7.89. The van der Waals surface area contributed by atoms with E-state index in [1.54, 1.807) is 6.92 Å². The van der Waals surface area contributed by atoms with E-state index in [0.717, 1.165) is 0 Å². The van der Waals surface area contributed by atoms with Crippen LogP contribution in [0.15, 0.2) is 24.3 Å². The van der Waals surface area contributed by atoms with Crippen molar-refractivity contribution in [3.8, 4) is 11.6 Å². The van der Waals surface area contributed by atoms with Crippen LogP contribution in [0, 0.1) is 12.7 Å². The highest BCUT2D eigenvalue weighted by atomic mass is 35.5. The van der Waals surface area contributed by atoms with Crippen LogP contribution in [0.1, 0.15) is 5.82 Å². The SMILES string of the molecule is Cc1nc(Cl)cc(Oc2ccc(Cl)c(F)c2)n1. The van der Waals surface area contributed by atoms with Crippen molar-refractivity contribution in [2.24, 2.45) is 0 Å². The van der Waals surface area contributed by atoms with Gasteiger partial charge in [-0.15, -0.1) is 0 Å². The van der Waals surface area contributed by atoms with Crippen LogP contribution < -0.4 is 4.74 Å². The van der Waals surface area contributed by atoms with Gasteiger partial charge in [0.15, 0.2) is 0 Å². The molecule has 0 aliphatic carbocycles. The van der Waals surface area contributed by atoms with E-state index >= 15 is 0 Å². The van der Waals surface area contributed by atoms with Crippen LogP contribution in [-0.4, -0.2) is 9.97 Å². The van der Waals surface area contributed by atoms with Crippen LogP contribution in [0.5, 0.6) is 11.6 Å². The lowest BCUT2D eigenvalue weighted by Crippen LogP contribution is -1.93. The molecule has 88 valence electrons. The molecule has 0 radical (unpaired) electrons. The molecular weight excluding hydrogens is 266 g/mol. The highest BCUT2D eigenvalue weighted by Crippen LogP contribution is 2.25. The second-order valence-corrected chi connectivity index (χ2v) is 4.05. The number of rotatable bonds is 2. The molecule has 0 amide bonds. The van der Waals surface area contributed by atoms with E-state index in [4.69, 9.17) is 27.9 Å². The third-order valence-corrected chi connectivity index (χ3v) is 2.40. The Labute approximate surface area is 107 Å². The summed E-state index contributed by atoms with van der Waals surface area (Å²) in [7, 11) is 0. The van der Waals surface area contributed by atoms with Crippen molar-refractivity contribution in [3.63, 3.8) is 0 Å². The number of nitrogens with zero attached hydrogens (tertiary/aromatic N) is 2. The minimum atomic E-state index is -0.555. The highest BCUT2D eigenvalue weighted by Gasteiger charge is 2.05. The van der Waals surface area contributed by atoms with E-state index in [1.165, 1.54) is 24.3 Å². The lowest BCUT2D eigenvalue weighted by molar-refractivity contribution is 0.455. The maximum atomic E-state index is 13.2. The third kappa shape index (κ3) is 3.05. The molecular formula is C11H7Cl2FN2O. The molecule has 0 N–H and O–H groups in total. The number of benzene rings is 1. The highest BCUT2D eigenvalue weighted by molar-refractivity contribution is 6.30. The molecule has 2 rings (SSSR count). The first kappa shape index (κ1) is 12.1. The summed E-state index contributed by atoms with van der Waals surface area (Å²) in [6.07, 6.45) is 0. The Morgan fingerprint density at radius 2 is 1.94 bits per heavy atom. The molecule has 0 fully saturated rings. The third-order valence-electron chi connectivity index (χ3n) is 1.90. The Morgan fingerprint density at radius 3 is 2.59 bits per heavy atom. The van der Waals surface area contributed by atoms with Crippen molar-refractivity contribution in [3.05, 3.63) is 46.1 Å². The topological polar surface area (TPSA) is 35.0 Å². The Morgan fingerprint density at radius 1 is 1.18 bits per heavy atom. The first-order chi connectivity index (χ1) is 8.04. The zero-order valence-corrected chi connectivity index (χ0v) is 10.3. The van der Waals surface area contributed by atoms with Crippen LogP contribution >= 0.6 is 23.2 Å². The Bertz CT molecular complexity index is 543. The Kier molecular flexibility index (Phi) is 3.45. The molecule has 0 unspecified atom stereocenters. The summed E-state index contributed by atoms with van der Waals surface area (Å²) in [5.74, 6) is 0.466. The van der Waals surface area contributed by atoms with E-state index in [2.05, 4.69) is 9.97 Å². The molecule has 0 saturated carbocycles. The summed E-state index contributed by atoms with van der Waals surface area (Å²) in [6, 6.07) is 5.56. The largest absolute Gasteiger partial charge is 0.439 e. The smallest absolute Gasteiger partial charge is 0.224 e. The summed E-state index contributed by atoms with van der Waals surface area (Å²) in [5, 5.41) is 0.302. The van der Waals surface area contributed by atoms with Crippen molar-refractivity contribution >= 4 is 23.2 Å². The molecule has 17 heavy (non-hydrogen) atoms. The molecule has 0 bridgehead atoms. The van der Waals surface area contributed by atoms with Gasteiger partial charge in [-0.1, -0.05) is 23.2 Å². The van der Waals surface area contributed by atoms with Crippen molar-refractivity contribution in [2.45, 2.75) is 6.92 Å². The Hall–Kier alpha value is -1.39. The van der Waals surface area contributed by atoms with Crippen LogP contribution in [0.2, 0.25) is 10.2 Å². The average molecular weight is 273 g/mol. The first-order valence-corrected chi connectivity index (χ1v) is 5.44. The molecule has 1 heterocycles. The van der Waals surface area contributed by atoms with E-state index < -0.39 is 5.82 Å². The van der Waals surface area contributed by atoms with Gasteiger partial charge in [0.25, 0.3) is 0 Å². The van der Waals surface area contributed by atoms with Crippen LogP contribution in [0.3, 0.4) is 0 Å². The zero-order valence-electron chi connectivity index (χ0n) is 8.75. The lowest BCUT2D eigenvalue weighted by Gasteiger charge is -2.06. The van der Waals surface area contributed by atoms with Gasteiger partial charge in [-0.2, -0.15) is 4.98 Å². The van der Waals surface area contributed by atoms with Gasteiger partial charge in [0.1, 0.15) is 22.5 Å². The number of aryl methyl sites for hydroxylation is 1. The number of hydrogen-bond acceptors (Lipinski definition) is 3. The van der Waals surface area contributed by atoms with Gasteiger partial charge in [0.2, 0.25) is 5.88 Å². The fourth-order valence-corrected chi connectivity index (χ4v) is 1.55. The first-order valence-electron chi connectivity index (χ1n) is 4.69. The number of ether oxygens (including phenoxy) is 1. The monoisotopic (exact) mass is 272 g/mol. The summed E-state index contributed by atoms with van der Waals surface area (Å²) < 4.78 is 18.5. The van der Waals surface area contributed by atoms with Crippen molar-refractivity contribution in [1.82, 2.24) is 9.97 Å². The molecule has 0 saturated heterocycles. The van der Waals surface area contributed by atoms with Gasteiger partial charge in [-0.05, 0) is 19.1 Å². The zero-order chi connectivity index (χ0) is 12.4. The molecule has 1 aromatic carbocycles. The normalized spacial score (nSPS) is 10.4. The van der Waals surface area contributed by atoms with Crippen LogP contribution in [-0.2, 0) is 0 Å². The Balaban J connectivity index is 2.28. The molecule has 0 aliphatic heterocycles. The van der Waals surface area contributed by atoms with Gasteiger partial charge in [0.05, 0.1) is 5.02 Å². The van der Waals surface area contributed by atoms with E-state index in [-0.39, 0.29) is 16.1 Å². The van der Waals surface area contributed by atoms with E-state index in [1.807, 2.05) is 0 Å². The van der Waals surface area contributed by atoms with Gasteiger partial charge < -0.3 is 4.74 Å². The molecule has 1 aromatic heterocycles. The summed E-state index contributed by atoms with van der Waals surface area (Å²) >= 11 is 11.3. The maximum Gasteiger partial charge on any atom is 0.224 e. The van der Waals surface area contributed by atoms with Crippen molar-refractivity contribution in [1.29, 1.82) is 0 Å². The second kappa shape index (κ2) is 4.85. The summed E-state index contributed by atoms with van der Waals surface area (Å²) in [5.41, 5.74) is 0. The molecule has 0 atom stereocenters. The molecule has 3 nitrogen and oxygen atoms in total. The van der Waals surface area contributed by atoms with Gasteiger partial charge in [-0.3, -0.25) is 0 Å². The second-order valence-electron chi connectivity index (χ2n) is 3.25. The molecule has 0 aliphatic rings. The van der Waals surface area contributed by atoms with Crippen LogP contribution in [0.4, 0.5) is 4.39 Å². The summed E-state index contributed by atoms with van der Waals surface area (Å²) in [6.45, 7) is 1.68. The predicted molar refractivity (Wildman–Crippen MR) is 63.3 cm³/mol. The molecule has 0 spiro atoms. The number of aromatic nitrogens is 2.